The monoisotopic (exact) mass is 671 g/mol. The van der Waals surface area contributed by atoms with E-state index in [1.165, 1.54) is 38.5 Å². The van der Waals surface area contributed by atoms with Gasteiger partial charge >= 0.3 is 5.97 Å². The third-order valence-corrected chi connectivity index (χ3v) is 8.40. The summed E-state index contributed by atoms with van der Waals surface area (Å²) < 4.78 is 28.7. The molecule has 0 aliphatic heterocycles. The third-order valence-electron chi connectivity index (χ3n) is 7.42. The lowest BCUT2D eigenvalue weighted by Crippen LogP contribution is -2.43. The molecular weight excluding hydrogens is 605 g/mol. The van der Waals surface area contributed by atoms with Gasteiger partial charge in [0.05, 0.1) is 27.7 Å². The molecule has 0 heterocycles. The zero-order valence-electron chi connectivity index (χ0n) is 29.7. The fraction of sp³-hybridized carbons (Fsp3) is 0.778. The Labute approximate surface area is 280 Å². The predicted octanol–water partition coefficient (Wildman–Crippen LogP) is 7.77. The highest BCUT2D eigenvalue weighted by Gasteiger charge is 2.35. The van der Waals surface area contributed by atoms with Crippen molar-refractivity contribution in [1.82, 2.24) is 0 Å². The lowest BCUT2D eigenvalue weighted by molar-refractivity contribution is -0.870. The van der Waals surface area contributed by atoms with E-state index in [0.717, 1.165) is 51.4 Å². The zero-order valence-corrected chi connectivity index (χ0v) is 30.6. The van der Waals surface area contributed by atoms with Crippen molar-refractivity contribution < 1.29 is 42.4 Å². The number of ether oxygens (including phenoxy) is 1. The third kappa shape index (κ3) is 27.5. The number of unbranched alkanes of at least 4 members (excludes halogenated alkanes) is 11. The molecule has 46 heavy (non-hydrogen) atoms. The lowest BCUT2D eigenvalue weighted by atomic mass is 10.0. The van der Waals surface area contributed by atoms with Crippen molar-refractivity contribution in [2.45, 2.75) is 142 Å². The average Bonchev–Trinajstić information content (AvgIpc) is 2.99. The van der Waals surface area contributed by atoms with E-state index in [2.05, 4.69) is 50.3 Å². The van der Waals surface area contributed by atoms with Gasteiger partial charge in [-0.2, -0.15) is 0 Å². The van der Waals surface area contributed by atoms with E-state index in [-0.39, 0.29) is 19.4 Å². The number of allylic oxidation sites excluding steroid dienone is 6. The minimum absolute atomic E-state index is 0.0215. The maximum atomic E-state index is 13.2. The van der Waals surface area contributed by atoms with Gasteiger partial charge in [-0.3, -0.25) is 14.2 Å². The van der Waals surface area contributed by atoms with Gasteiger partial charge in [-0.25, -0.2) is 0 Å². The lowest BCUT2D eigenvalue weighted by Gasteiger charge is -2.32. The average molecular weight is 672 g/mol. The Hall–Kier alpha value is -1.61. The Bertz CT molecular complexity index is 912. The number of likely N-dealkylation sites (N-methyl/N-ethyl adjacent to an activating group) is 1. The van der Waals surface area contributed by atoms with Crippen LogP contribution in [0.3, 0.4) is 0 Å². The van der Waals surface area contributed by atoms with Gasteiger partial charge in [0.15, 0.2) is 18.0 Å². The van der Waals surface area contributed by atoms with Gasteiger partial charge in [0.1, 0.15) is 13.2 Å². The van der Waals surface area contributed by atoms with E-state index in [0.29, 0.717) is 23.9 Å². The molecule has 3 atom stereocenters. The molecule has 0 aromatic heterocycles. The van der Waals surface area contributed by atoms with Crippen LogP contribution in [0.4, 0.5) is 0 Å². The number of Topliss-reactive ketones (excluding diaryl/α,β-unsaturated/α-hetero) is 1. The molecule has 10 heteroatoms. The van der Waals surface area contributed by atoms with Crippen molar-refractivity contribution in [2.75, 3.05) is 40.9 Å². The van der Waals surface area contributed by atoms with Crippen molar-refractivity contribution in [1.29, 1.82) is 0 Å². The van der Waals surface area contributed by atoms with Crippen LogP contribution in [-0.4, -0.2) is 74.5 Å². The molecule has 0 fully saturated rings. The highest BCUT2D eigenvalue weighted by molar-refractivity contribution is 7.45. The van der Waals surface area contributed by atoms with Crippen molar-refractivity contribution in [3.8, 4) is 0 Å². The Morgan fingerprint density at radius 2 is 1.26 bits per heavy atom. The van der Waals surface area contributed by atoms with E-state index >= 15 is 0 Å². The number of phosphoric acid groups is 1. The number of aliphatic hydroxyl groups excluding tert-OH is 1. The van der Waals surface area contributed by atoms with Gasteiger partial charge in [-0.15, -0.1) is 0 Å². The van der Waals surface area contributed by atoms with Crippen molar-refractivity contribution in [3.63, 3.8) is 0 Å². The van der Waals surface area contributed by atoms with Crippen LogP contribution in [0.15, 0.2) is 36.5 Å². The highest BCUT2D eigenvalue weighted by Crippen LogP contribution is 2.41. The van der Waals surface area contributed by atoms with Crippen molar-refractivity contribution in [2.24, 2.45) is 0 Å². The van der Waals surface area contributed by atoms with Gasteiger partial charge in [0.2, 0.25) is 0 Å². The van der Waals surface area contributed by atoms with Gasteiger partial charge in [0, 0.05) is 12.8 Å². The van der Waals surface area contributed by atoms with E-state index in [1.807, 2.05) is 21.1 Å². The number of ketones is 1. The quantitative estimate of drug-likeness (QED) is 0.0261. The van der Waals surface area contributed by atoms with E-state index < -0.39 is 38.4 Å². The molecule has 0 amide bonds. The van der Waals surface area contributed by atoms with Crippen LogP contribution in [0.2, 0.25) is 0 Å². The van der Waals surface area contributed by atoms with E-state index in [4.69, 9.17) is 13.8 Å². The largest absolute Gasteiger partial charge is 0.756 e. The molecule has 0 saturated carbocycles. The summed E-state index contributed by atoms with van der Waals surface area (Å²) in [5, 5.41) is 10.0. The van der Waals surface area contributed by atoms with E-state index in [1.54, 1.807) is 0 Å². The predicted molar refractivity (Wildman–Crippen MR) is 185 cm³/mol. The molecular formula is C36H66NO8P. The molecule has 0 rings (SSSR count). The summed E-state index contributed by atoms with van der Waals surface area (Å²) in [4.78, 5) is 38.4. The number of nitrogens with zero attached hydrogens (tertiary/aromatic N) is 1. The Morgan fingerprint density at radius 3 is 1.83 bits per heavy atom. The number of carbonyl (C=O) groups excluding carboxylic acids is 2. The molecule has 0 spiro atoms. The Balaban J connectivity index is 4.91. The van der Waals surface area contributed by atoms with Crippen LogP contribution >= 0.6 is 7.82 Å². The first kappa shape index (κ1) is 44.4. The first-order valence-corrected chi connectivity index (χ1v) is 19.1. The van der Waals surface area contributed by atoms with Crippen LogP contribution in [0.25, 0.3) is 0 Å². The SMILES string of the molecule is CCCCC/C=C\C/C=C\C/C=C\CCCCC(=O)C(OP(=O)([O-])OCC[N+](C)(C)C)[C@H](CO)OC(=O)CCCCCCCCC. The number of hydrogen-bond acceptors (Lipinski definition) is 8. The summed E-state index contributed by atoms with van der Waals surface area (Å²) in [6, 6.07) is 0. The summed E-state index contributed by atoms with van der Waals surface area (Å²) in [5.74, 6) is -1.15. The maximum absolute atomic E-state index is 13.2. The molecule has 0 radical (unpaired) electrons. The van der Waals surface area contributed by atoms with Crippen molar-refractivity contribution in [3.05, 3.63) is 36.5 Å². The Morgan fingerprint density at radius 1 is 0.761 bits per heavy atom. The first-order valence-electron chi connectivity index (χ1n) is 17.7. The number of rotatable bonds is 31. The van der Waals surface area contributed by atoms with Gasteiger partial charge < -0.3 is 28.3 Å². The standard InChI is InChI=1S/C36H66NO8P/c1-6-8-10-12-14-15-16-17-18-19-20-21-23-24-26-28-33(39)36(45-46(41,42)43-31-30-37(3,4)5)34(32-38)44-35(40)29-27-25-22-13-11-9-7-2/h14-15,17-18,20-21,34,36,38H,6-13,16,19,22-32H2,1-5H3/b15-14-,18-17-,21-20-/t34-,36?/m0/s1. The number of esters is 1. The summed E-state index contributed by atoms with van der Waals surface area (Å²) >= 11 is 0. The second kappa shape index (κ2) is 28.4. The molecule has 268 valence electrons. The zero-order chi connectivity index (χ0) is 34.5. The van der Waals surface area contributed by atoms with Crippen molar-refractivity contribution >= 4 is 19.6 Å². The summed E-state index contributed by atoms with van der Waals surface area (Å²) in [6.07, 6.45) is 25.8. The maximum Gasteiger partial charge on any atom is 0.306 e. The van der Waals surface area contributed by atoms with Crippen LogP contribution in [0.5, 0.6) is 0 Å². The van der Waals surface area contributed by atoms with Crippen LogP contribution < -0.4 is 4.89 Å². The van der Waals surface area contributed by atoms with Gasteiger partial charge in [0.25, 0.3) is 7.82 Å². The molecule has 0 saturated heterocycles. The molecule has 0 aliphatic carbocycles. The fourth-order valence-corrected chi connectivity index (χ4v) is 5.47. The highest BCUT2D eigenvalue weighted by atomic mass is 31.2. The number of aliphatic hydroxyl groups is 1. The molecule has 0 aromatic rings. The number of quaternary nitrogens is 1. The molecule has 0 aromatic carbocycles. The molecule has 1 N–H and O–H groups in total. The summed E-state index contributed by atoms with van der Waals surface area (Å²) in [7, 11) is 0.747. The number of carbonyl (C=O) groups is 2. The minimum atomic E-state index is -4.92. The van der Waals surface area contributed by atoms with Gasteiger partial charge in [-0.1, -0.05) is 102 Å². The van der Waals surface area contributed by atoms with E-state index in [9.17, 15) is 24.2 Å². The van der Waals surface area contributed by atoms with Crippen LogP contribution in [0, 0.1) is 0 Å². The number of phosphoric ester groups is 1. The topological polar surface area (TPSA) is 122 Å². The minimum Gasteiger partial charge on any atom is -0.756 e. The summed E-state index contributed by atoms with van der Waals surface area (Å²) in [5.41, 5.74) is 0. The smallest absolute Gasteiger partial charge is 0.306 e. The molecule has 0 bridgehead atoms. The van der Waals surface area contributed by atoms with Crippen LogP contribution in [0.1, 0.15) is 129 Å². The number of hydrogen-bond donors (Lipinski definition) is 1. The molecule has 9 nitrogen and oxygen atoms in total. The fourth-order valence-electron chi connectivity index (χ4n) is 4.57. The van der Waals surface area contributed by atoms with Gasteiger partial charge in [-0.05, 0) is 51.4 Å². The normalized spacial score (nSPS) is 15.1. The summed E-state index contributed by atoms with van der Waals surface area (Å²) in [6.45, 7) is 3.88. The van der Waals surface area contributed by atoms with Crippen LogP contribution in [-0.2, 0) is 27.9 Å². The molecule has 2 unspecified atom stereocenters. The second-order valence-electron chi connectivity index (χ2n) is 13.0. The second-order valence-corrected chi connectivity index (χ2v) is 14.4. The first-order chi connectivity index (χ1) is 22.0. The Kier molecular flexibility index (Phi) is 27.4. The molecule has 0 aliphatic rings.